The van der Waals surface area contributed by atoms with Gasteiger partial charge in [-0.3, -0.25) is 14.5 Å². The number of para-hydroxylation sites is 1. The average Bonchev–Trinajstić information content (AvgIpc) is 3.55. The molecule has 1 heterocycles. The molecule has 5 rings (SSSR count). The van der Waals surface area contributed by atoms with E-state index in [0.717, 1.165) is 35.0 Å². The van der Waals surface area contributed by atoms with Gasteiger partial charge in [-0.05, 0) is 36.4 Å². The summed E-state index contributed by atoms with van der Waals surface area (Å²) in [5, 5.41) is 5.32. The van der Waals surface area contributed by atoms with Crippen molar-refractivity contribution in [1.82, 2.24) is 4.90 Å². The summed E-state index contributed by atoms with van der Waals surface area (Å²) in [7, 11) is 0. The van der Waals surface area contributed by atoms with Crippen LogP contribution < -0.4 is 5.32 Å². The lowest BCUT2D eigenvalue weighted by Crippen LogP contribution is -2.35. The molecule has 1 saturated heterocycles. The summed E-state index contributed by atoms with van der Waals surface area (Å²) < 4.78 is 0. The molecule has 1 atom stereocenters. The molecule has 3 aromatic rings. The number of hydrogen-bond donors (Lipinski definition) is 1. The van der Waals surface area contributed by atoms with Crippen LogP contribution in [0.5, 0.6) is 0 Å². The molecule has 0 bridgehead atoms. The van der Waals surface area contributed by atoms with Crippen molar-refractivity contribution in [2.24, 2.45) is 4.99 Å². The molecule has 150 valence electrons. The molecule has 0 radical (unpaired) electrons. The lowest BCUT2D eigenvalue weighted by molar-refractivity contribution is -0.128. The van der Waals surface area contributed by atoms with Crippen molar-refractivity contribution >= 4 is 50.9 Å². The molecule has 0 unspecified atom stereocenters. The van der Waals surface area contributed by atoms with Gasteiger partial charge in [0.25, 0.3) is 0 Å². The number of carbonyl (C=O) groups is 2. The zero-order chi connectivity index (χ0) is 20.5. The number of anilines is 1. The minimum Gasteiger partial charge on any atom is -0.325 e. The molecule has 1 aliphatic heterocycles. The van der Waals surface area contributed by atoms with Crippen molar-refractivity contribution in [1.29, 1.82) is 0 Å². The third-order valence-electron chi connectivity index (χ3n) is 5.29. The Morgan fingerprint density at radius 1 is 1.00 bits per heavy atom. The molecular weight excluding hydrogens is 394 g/mol. The number of amides is 2. The van der Waals surface area contributed by atoms with Crippen molar-refractivity contribution in [2.45, 2.75) is 30.6 Å². The SMILES string of the molecule is O=C(C[C@H]1SC(=Nc2ccccc2)N(C2CC2)C1=O)Nc1cccc2ccccc12. The summed E-state index contributed by atoms with van der Waals surface area (Å²) in [5.41, 5.74) is 1.59. The van der Waals surface area contributed by atoms with Gasteiger partial charge in [-0.25, -0.2) is 4.99 Å². The van der Waals surface area contributed by atoms with Crippen molar-refractivity contribution in [2.75, 3.05) is 5.32 Å². The van der Waals surface area contributed by atoms with Crippen LogP contribution in [0, 0.1) is 0 Å². The smallest absolute Gasteiger partial charge is 0.242 e. The number of rotatable bonds is 5. The van der Waals surface area contributed by atoms with Gasteiger partial charge in [0.15, 0.2) is 5.17 Å². The van der Waals surface area contributed by atoms with Gasteiger partial charge in [0, 0.05) is 23.5 Å². The van der Waals surface area contributed by atoms with Crippen LogP contribution in [-0.2, 0) is 9.59 Å². The largest absolute Gasteiger partial charge is 0.325 e. The van der Waals surface area contributed by atoms with Gasteiger partial charge >= 0.3 is 0 Å². The normalized spacial score (nSPS) is 20.1. The van der Waals surface area contributed by atoms with Crippen LogP contribution in [0.4, 0.5) is 11.4 Å². The highest BCUT2D eigenvalue weighted by molar-refractivity contribution is 8.15. The van der Waals surface area contributed by atoms with Crippen LogP contribution in [-0.4, -0.2) is 33.2 Å². The Kier molecular flexibility index (Phi) is 5.01. The Morgan fingerprint density at radius 3 is 2.53 bits per heavy atom. The molecule has 2 aliphatic rings. The first-order chi connectivity index (χ1) is 14.7. The molecule has 2 fully saturated rings. The van der Waals surface area contributed by atoms with Gasteiger partial charge in [-0.2, -0.15) is 0 Å². The minimum absolute atomic E-state index is 0.00903. The fourth-order valence-corrected chi connectivity index (χ4v) is 4.89. The highest BCUT2D eigenvalue weighted by atomic mass is 32.2. The first-order valence-electron chi connectivity index (χ1n) is 10.1. The molecular formula is C24H21N3O2S. The second-order valence-corrected chi connectivity index (χ2v) is 8.72. The van der Waals surface area contributed by atoms with E-state index in [4.69, 9.17) is 0 Å². The molecule has 1 N–H and O–H groups in total. The number of nitrogens with one attached hydrogen (secondary N) is 1. The molecule has 2 amide bonds. The molecule has 5 nitrogen and oxygen atoms in total. The highest BCUT2D eigenvalue weighted by Gasteiger charge is 2.46. The van der Waals surface area contributed by atoms with Gasteiger partial charge < -0.3 is 5.32 Å². The van der Waals surface area contributed by atoms with E-state index in [-0.39, 0.29) is 24.3 Å². The Bertz CT molecular complexity index is 1140. The fourth-order valence-electron chi connectivity index (χ4n) is 3.68. The molecule has 30 heavy (non-hydrogen) atoms. The van der Waals surface area contributed by atoms with Gasteiger partial charge in [-0.15, -0.1) is 0 Å². The number of hydrogen-bond acceptors (Lipinski definition) is 4. The number of benzene rings is 3. The summed E-state index contributed by atoms with van der Waals surface area (Å²) in [6.45, 7) is 0. The van der Waals surface area contributed by atoms with E-state index < -0.39 is 5.25 Å². The second-order valence-electron chi connectivity index (χ2n) is 7.55. The van der Waals surface area contributed by atoms with Crippen molar-refractivity contribution in [3.05, 3.63) is 72.8 Å². The van der Waals surface area contributed by atoms with Crippen LogP contribution in [0.2, 0.25) is 0 Å². The molecule has 1 saturated carbocycles. The predicted molar refractivity (Wildman–Crippen MR) is 122 cm³/mol. The summed E-state index contributed by atoms with van der Waals surface area (Å²) in [4.78, 5) is 32.3. The maximum Gasteiger partial charge on any atom is 0.242 e. The Morgan fingerprint density at radius 2 is 1.73 bits per heavy atom. The molecule has 6 heteroatoms. The van der Waals surface area contributed by atoms with Crippen LogP contribution in [0.3, 0.4) is 0 Å². The first kappa shape index (κ1) is 18.9. The van der Waals surface area contributed by atoms with E-state index in [2.05, 4.69) is 10.3 Å². The van der Waals surface area contributed by atoms with E-state index >= 15 is 0 Å². The Labute approximate surface area is 179 Å². The molecule has 1 aliphatic carbocycles. The van der Waals surface area contributed by atoms with E-state index in [0.29, 0.717) is 5.17 Å². The Hall–Kier alpha value is -3.12. The van der Waals surface area contributed by atoms with Crippen LogP contribution in [0.1, 0.15) is 19.3 Å². The van der Waals surface area contributed by atoms with E-state index in [1.807, 2.05) is 72.8 Å². The topological polar surface area (TPSA) is 61.8 Å². The van der Waals surface area contributed by atoms with Gasteiger partial charge in [0.05, 0.1) is 5.69 Å². The average molecular weight is 416 g/mol. The summed E-state index contributed by atoms with van der Waals surface area (Å²) in [6, 6.07) is 23.6. The van der Waals surface area contributed by atoms with Crippen LogP contribution in [0.25, 0.3) is 10.8 Å². The van der Waals surface area contributed by atoms with E-state index in [1.165, 1.54) is 11.8 Å². The molecule has 0 aromatic heterocycles. The summed E-state index contributed by atoms with van der Waals surface area (Å²) >= 11 is 1.40. The number of aliphatic imine (C=N–C) groups is 1. The quantitative estimate of drug-likeness (QED) is 0.640. The van der Waals surface area contributed by atoms with Crippen molar-refractivity contribution < 1.29 is 9.59 Å². The zero-order valence-corrected chi connectivity index (χ0v) is 17.1. The second kappa shape index (κ2) is 7.95. The lowest BCUT2D eigenvalue weighted by Gasteiger charge is -2.15. The fraction of sp³-hybridized carbons (Fsp3) is 0.208. The number of thioether (sulfide) groups is 1. The maximum absolute atomic E-state index is 13.0. The Balaban J connectivity index is 1.33. The number of carbonyl (C=O) groups excluding carboxylic acids is 2. The minimum atomic E-state index is -0.442. The zero-order valence-electron chi connectivity index (χ0n) is 16.3. The first-order valence-corrected chi connectivity index (χ1v) is 11.0. The summed E-state index contributed by atoms with van der Waals surface area (Å²) in [5.74, 6) is -0.167. The maximum atomic E-state index is 13.0. The van der Waals surface area contributed by atoms with Crippen LogP contribution >= 0.6 is 11.8 Å². The highest BCUT2D eigenvalue weighted by Crippen LogP contribution is 2.39. The number of amidine groups is 1. The third-order valence-corrected chi connectivity index (χ3v) is 6.45. The molecule has 0 spiro atoms. The lowest BCUT2D eigenvalue weighted by atomic mass is 10.1. The monoisotopic (exact) mass is 415 g/mol. The summed E-state index contributed by atoms with van der Waals surface area (Å²) in [6.07, 6.45) is 2.12. The van der Waals surface area contributed by atoms with Crippen molar-refractivity contribution in [3.8, 4) is 0 Å². The van der Waals surface area contributed by atoms with E-state index in [1.54, 1.807) is 4.90 Å². The van der Waals surface area contributed by atoms with Crippen LogP contribution in [0.15, 0.2) is 77.8 Å². The van der Waals surface area contributed by atoms with Gasteiger partial charge in [-0.1, -0.05) is 66.4 Å². The predicted octanol–water partition coefficient (Wildman–Crippen LogP) is 4.96. The van der Waals surface area contributed by atoms with E-state index in [9.17, 15) is 9.59 Å². The number of fused-ring (bicyclic) bond motifs is 1. The van der Waals surface area contributed by atoms with Crippen molar-refractivity contribution in [3.63, 3.8) is 0 Å². The van der Waals surface area contributed by atoms with Gasteiger partial charge in [0.2, 0.25) is 11.8 Å². The van der Waals surface area contributed by atoms with Gasteiger partial charge in [0.1, 0.15) is 5.25 Å². The number of nitrogens with zero attached hydrogens (tertiary/aromatic N) is 2. The molecule has 3 aromatic carbocycles. The third kappa shape index (κ3) is 3.83. The standard InChI is InChI=1S/C24H21N3O2S/c28-22(26-20-12-6-8-16-7-4-5-11-19(16)20)15-21-23(29)27(18-13-14-18)24(30-21)25-17-9-2-1-3-10-17/h1-12,18,21H,13-15H2,(H,26,28)/t21-/m1/s1.